The maximum atomic E-state index is 13.1. The molecule has 1 fully saturated rings. The van der Waals surface area contributed by atoms with Gasteiger partial charge in [-0.2, -0.15) is 12.7 Å². The van der Waals surface area contributed by atoms with E-state index in [0.29, 0.717) is 12.1 Å². The maximum Gasteiger partial charge on any atom is 0.335 e. The largest absolute Gasteiger partial charge is 0.335 e. The molecule has 1 aliphatic heterocycles. The fraction of sp³-hybridized carbons (Fsp3) is 0.333. The molecule has 1 heterocycles. The van der Waals surface area contributed by atoms with Gasteiger partial charge in [-0.05, 0) is 18.2 Å². The van der Waals surface area contributed by atoms with Crippen molar-refractivity contribution in [3.63, 3.8) is 0 Å². The van der Waals surface area contributed by atoms with Crippen LogP contribution >= 0.6 is 0 Å². The van der Waals surface area contributed by atoms with Gasteiger partial charge in [-0.25, -0.2) is 17.2 Å². The zero-order chi connectivity index (χ0) is 14.4. The van der Waals surface area contributed by atoms with Crippen molar-refractivity contribution < 1.29 is 29.5 Å². The van der Waals surface area contributed by atoms with Crippen LogP contribution in [0, 0.1) is 5.82 Å². The smallest absolute Gasteiger partial charge is 0.245 e. The van der Waals surface area contributed by atoms with Crippen LogP contribution in [0.15, 0.2) is 28.0 Å². The van der Waals surface area contributed by atoms with Gasteiger partial charge in [-0.3, -0.25) is 0 Å². The van der Waals surface area contributed by atoms with Gasteiger partial charge in [0.15, 0.2) is 0 Å². The van der Waals surface area contributed by atoms with E-state index < -0.39 is 42.0 Å². The minimum absolute atomic E-state index is 0.364. The summed E-state index contributed by atoms with van der Waals surface area (Å²) in [5.74, 6) is -1.39. The number of sulfonamides is 1. The van der Waals surface area contributed by atoms with E-state index in [9.17, 15) is 29.5 Å². The summed E-state index contributed by atoms with van der Waals surface area (Å²) in [6, 6.07) is 1.71. The Balaban J connectivity index is 2.48. The van der Waals surface area contributed by atoms with Crippen LogP contribution < -0.4 is 0 Å². The number of alkyl halides is 1. The third kappa shape index (κ3) is 2.60. The van der Waals surface area contributed by atoms with Crippen LogP contribution in [0.2, 0.25) is 0 Å². The normalized spacial score (nSPS) is 18.3. The minimum Gasteiger partial charge on any atom is -0.245 e. The van der Waals surface area contributed by atoms with Crippen LogP contribution in [0.5, 0.6) is 0 Å². The first kappa shape index (κ1) is 14.3. The van der Waals surface area contributed by atoms with Gasteiger partial charge in [0.25, 0.3) is 0 Å². The Morgan fingerprint density at radius 3 is 2.21 bits per heavy atom. The second-order valence-corrected chi connectivity index (χ2v) is 7.20. The van der Waals surface area contributed by atoms with E-state index in [1.807, 2.05) is 0 Å². The monoisotopic (exact) mass is 315 g/mol. The summed E-state index contributed by atoms with van der Waals surface area (Å²) in [5.41, 5.74) is 0. The molecule has 1 aromatic carbocycles. The van der Waals surface area contributed by atoms with Gasteiger partial charge in [0.05, 0.1) is 4.90 Å². The number of hydrogen-bond donors (Lipinski definition) is 0. The van der Waals surface area contributed by atoms with E-state index >= 15 is 0 Å². The molecule has 1 saturated heterocycles. The van der Waals surface area contributed by atoms with E-state index in [1.165, 1.54) is 0 Å². The van der Waals surface area contributed by atoms with Crippen molar-refractivity contribution in [3.05, 3.63) is 24.0 Å². The van der Waals surface area contributed by atoms with Crippen LogP contribution in [-0.2, 0) is 20.2 Å². The molecule has 0 aromatic heterocycles. The zero-order valence-corrected chi connectivity index (χ0v) is 10.9. The fourth-order valence-corrected chi connectivity index (χ4v) is 3.73. The molecule has 19 heavy (non-hydrogen) atoms. The fourth-order valence-electron chi connectivity index (χ4n) is 1.56. The van der Waals surface area contributed by atoms with Gasteiger partial charge in [-0.1, -0.05) is 0 Å². The topological polar surface area (TPSA) is 71.5 Å². The van der Waals surface area contributed by atoms with E-state index in [1.54, 1.807) is 0 Å². The Kier molecular flexibility index (Phi) is 3.35. The number of nitrogens with zero attached hydrogens (tertiary/aromatic N) is 1. The van der Waals surface area contributed by atoms with Crippen molar-refractivity contribution in [1.29, 1.82) is 0 Å². The second-order valence-electron chi connectivity index (χ2n) is 3.95. The molecule has 0 bridgehead atoms. The first-order valence-electron chi connectivity index (χ1n) is 5.01. The summed E-state index contributed by atoms with van der Waals surface area (Å²) in [6.45, 7) is -0.727. The molecule has 0 atom stereocenters. The molecule has 1 aliphatic rings. The van der Waals surface area contributed by atoms with E-state index in [4.69, 9.17) is 0 Å². The summed E-state index contributed by atoms with van der Waals surface area (Å²) in [4.78, 5) is -1.96. The van der Waals surface area contributed by atoms with Crippen LogP contribution in [0.4, 0.5) is 12.7 Å². The molecule has 106 valence electrons. The van der Waals surface area contributed by atoms with Gasteiger partial charge in [0, 0.05) is 13.1 Å². The van der Waals surface area contributed by atoms with E-state index in [-0.39, 0.29) is 13.1 Å². The highest BCUT2D eigenvalue weighted by Crippen LogP contribution is 2.26. The lowest BCUT2D eigenvalue weighted by molar-refractivity contribution is 0.141. The van der Waals surface area contributed by atoms with Gasteiger partial charge < -0.3 is 0 Å². The minimum atomic E-state index is -5.37. The van der Waals surface area contributed by atoms with Crippen molar-refractivity contribution in [1.82, 2.24) is 4.31 Å². The van der Waals surface area contributed by atoms with Crippen molar-refractivity contribution in [3.8, 4) is 0 Å². The lowest BCUT2D eigenvalue weighted by Crippen LogP contribution is -2.51. The summed E-state index contributed by atoms with van der Waals surface area (Å²) >= 11 is 0. The highest BCUT2D eigenvalue weighted by Gasteiger charge is 2.37. The number of rotatable bonds is 3. The van der Waals surface area contributed by atoms with Gasteiger partial charge in [0.2, 0.25) is 10.0 Å². The quantitative estimate of drug-likeness (QED) is 0.775. The number of halogens is 3. The summed E-state index contributed by atoms with van der Waals surface area (Å²) in [5, 5.41) is 0. The molecule has 10 heteroatoms. The van der Waals surface area contributed by atoms with Crippen LogP contribution in [0.25, 0.3) is 0 Å². The van der Waals surface area contributed by atoms with Crippen LogP contribution in [-0.4, -0.2) is 40.4 Å². The highest BCUT2D eigenvalue weighted by molar-refractivity contribution is 7.89. The summed E-state index contributed by atoms with van der Waals surface area (Å²) < 4.78 is 84.3. The Labute approximate surface area is 107 Å². The predicted molar refractivity (Wildman–Crippen MR) is 58.3 cm³/mol. The van der Waals surface area contributed by atoms with Crippen LogP contribution in [0.3, 0.4) is 0 Å². The molecule has 5 nitrogen and oxygen atoms in total. The Morgan fingerprint density at radius 2 is 1.74 bits per heavy atom. The van der Waals surface area contributed by atoms with Gasteiger partial charge >= 0.3 is 10.2 Å². The lowest BCUT2D eigenvalue weighted by atomic mass is 10.3. The van der Waals surface area contributed by atoms with Gasteiger partial charge in [-0.15, -0.1) is 3.89 Å². The van der Waals surface area contributed by atoms with Crippen molar-refractivity contribution >= 4 is 20.2 Å². The Hall–Kier alpha value is -1.13. The molecular formula is C9H8F3NO4S2. The first-order chi connectivity index (χ1) is 8.62. The first-order valence-corrected chi connectivity index (χ1v) is 7.83. The molecular weight excluding hydrogens is 307 g/mol. The molecule has 0 aliphatic carbocycles. The van der Waals surface area contributed by atoms with Gasteiger partial charge in [0.1, 0.15) is 16.9 Å². The third-order valence-corrected chi connectivity index (χ3v) is 5.27. The highest BCUT2D eigenvalue weighted by atomic mass is 32.3. The summed E-state index contributed by atoms with van der Waals surface area (Å²) in [7, 11) is -9.51. The summed E-state index contributed by atoms with van der Waals surface area (Å²) in [6.07, 6.45) is -1.29. The molecule has 2 rings (SSSR count). The lowest BCUT2D eigenvalue weighted by Gasteiger charge is -2.33. The van der Waals surface area contributed by atoms with E-state index in [0.717, 1.165) is 10.4 Å². The molecule has 0 spiro atoms. The van der Waals surface area contributed by atoms with Crippen molar-refractivity contribution in [2.45, 2.75) is 16.0 Å². The van der Waals surface area contributed by atoms with E-state index in [2.05, 4.69) is 0 Å². The SMILES string of the molecule is O=S(=O)(F)c1cc(S(=O)(=O)N2CC(F)C2)ccc1F. The zero-order valence-electron chi connectivity index (χ0n) is 9.25. The molecule has 0 unspecified atom stereocenters. The predicted octanol–water partition coefficient (Wildman–Crippen LogP) is 0.826. The van der Waals surface area contributed by atoms with Crippen molar-refractivity contribution in [2.75, 3.05) is 13.1 Å². The van der Waals surface area contributed by atoms with Crippen molar-refractivity contribution in [2.24, 2.45) is 0 Å². The molecule has 0 saturated carbocycles. The Morgan fingerprint density at radius 1 is 1.16 bits per heavy atom. The average Bonchev–Trinajstić information content (AvgIpc) is 2.23. The number of hydrogen-bond acceptors (Lipinski definition) is 4. The third-order valence-electron chi connectivity index (χ3n) is 2.61. The molecule has 0 N–H and O–H groups in total. The standard InChI is InChI=1S/C9H8F3NO4S2/c10-6-4-13(5-6)19(16,17)7-1-2-8(11)9(3-7)18(12,14)15/h1-3,6H,4-5H2. The molecule has 0 amide bonds. The van der Waals surface area contributed by atoms with Crippen LogP contribution in [0.1, 0.15) is 0 Å². The second kappa shape index (κ2) is 4.46. The average molecular weight is 315 g/mol. The molecule has 1 aromatic rings. The Bertz CT molecular complexity index is 711. The molecule has 0 radical (unpaired) electrons. The maximum absolute atomic E-state index is 13.1. The number of benzene rings is 1.